The van der Waals surface area contributed by atoms with Gasteiger partial charge in [0.15, 0.2) is 6.23 Å². The molecule has 1 amide bonds. The zero-order valence-electron chi connectivity index (χ0n) is 13.5. The number of nitrogens with zero attached hydrogens (tertiary/aromatic N) is 2. The lowest BCUT2D eigenvalue weighted by Crippen LogP contribution is -2.33. The molecule has 1 fully saturated rings. The number of carbonyl (C=O) groups excluding carboxylic acids is 2. The van der Waals surface area contributed by atoms with Crippen LogP contribution in [0.1, 0.15) is 24.2 Å². The topological polar surface area (TPSA) is 64.1 Å². The average molecular weight is 316 g/mol. The van der Waals surface area contributed by atoms with Crippen LogP contribution in [0.2, 0.25) is 0 Å². The molecule has 0 aliphatic carbocycles. The Morgan fingerprint density at radius 2 is 2.13 bits per heavy atom. The highest BCUT2D eigenvalue weighted by atomic mass is 16.6. The molecule has 1 saturated heterocycles. The number of rotatable bonds is 5. The second kappa shape index (κ2) is 6.04. The van der Waals surface area contributed by atoms with Gasteiger partial charge in [0, 0.05) is 32.0 Å². The standard InChI is InChI=1S/C17H20N2O4/c1-11(20)18(17-10-23-17)7-6-13-9-19(12(2)21)16-5-4-14(22-3)8-15(13)16/h4-5,8-9,17H,6-7,10H2,1-3H3. The second-order valence-corrected chi connectivity index (χ2v) is 5.68. The summed E-state index contributed by atoms with van der Waals surface area (Å²) >= 11 is 0. The third kappa shape index (κ3) is 3.07. The second-order valence-electron chi connectivity index (χ2n) is 5.68. The Morgan fingerprint density at radius 3 is 2.70 bits per heavy atom. The van der Waals surface area contributed by atoms with Crippen molar-refractivity contribution in [3.63, 3.8) is 0 Å². The van der Waals surface area contributed by atoms with E-state index in [0.717, 1.165) is 22.2 Å². The number of epoxide rings is 1. The monoisotopic (exact) mass is 316 g/mol. The van der Waals surface area contributed by atoms with Crippen molar-refractivity contribution in [1.29, 1.82) is 0 Å². The van der Waals surface area contributed by atoms with Gasteiger partial charge in [-0.25, -0.2) is 0 Å². The molecule has 6 nitrogen and oxygen atoms in total. The minimum absolute atomic E-state index is 0.000358. The van der Waals surface area contributed by atoms with Crippen LogP contribution in [0.4, 0.5) is 0 Å². The predicted octanol–water partition coefficient (Wildman–Crippen LogP) is 2.06. The SMILES string of the molecule is COc1ccc2c(c1)c(CCN(C(C)=O)C1CO1)cn2C(C)=O. The number of hydrogen-bond acceptors (Lipinski definition) is 4. The van der Waals surface area contributed by atoms with Crippen molar-refractivity contribution >= 4 is 22.7 Å². The van der Waals surface area contributed by atoms with Gasteiger partial charge in [0.1, 0.15) is 5.75 Å². The van der Waals surface area contributed by atoms with E-state index in [1.807, 2.05) is 24.4 Å². The van der Waals surface area contributed by atoms with Gasteiger partial charge < -0.3 is 14.4 Å². The Balaban J connectivity index is 1.92. The lowest BCUT2D eigenvalue weighted by atomic mass is 10.1. The van der Waals surface area contributed by atoms with Crippen LogP contribution in [0.25, 0.3) is 10.9 Å². The van der Waals surface area contributed by atoms with Gasteiger partial charge in [0.05, 0.1) is 19.2 Å². The van der Waals surface area contributed by atoms with Crippen LogP contribution < -0.4 is 4.74 Å². The highest BCUT2D eigenvalue weighted by Gasteiger charge is 2.32. The van der Waals surface area contributed by atoms with Crippen LogP contribution in [0.3, 0.4) is 0 Å². The van der Waals surface area contributed by atoms with E-state index >= 15 is 0 Å². The van der Waals surface area contributed by atoms with Gasteiger partial charge in [-0.1, -0.05) is 0 Å². The molecule has 1 unspecified atom stereocenters. The number of hydrogen-bond donors (Lipinski definition) is 0. The molecular weight excluding hydrogens is 296 g/mol. The van der Waals surface area contributed by atoms with E-state index in [9.17, 15) is 9.59 Å². The summed E-state index contributed by atoms with van der Waals surface area (Å²) < 4.78 is 12.1. The fourth-order valence-electron chi connectivity index (χ4n) is 2.83. The molecular formula is C17H20N2O4. The van der Waals surface area contributed by atoms with Gasteiger partial charge in [-0.05, 0) is 30.2 Å². The molecule has 2 aromatic rings. The largest absolute Gasteiger partial charge is 0.497 e. The Labute approximate surface area is 134 Å². The fraction of sp³-hybridized carbons (Fsp3) is 0.412. The number of amides is 1. The van der Waals surface area contributed by atoms with Gasteiger partial charge in [0.25, 0.3) is 0 Å². The molecule has 23 heavy (non-hydrogen) atoms. The number of fused-ring (bicyclic) bond motifs is 1. The van der Waals surface area contributed by atoms with Crippen molar-refractivity contribution in [2.24, 2.45) is 0 Å². The van der Waals surface area contributed by atoms with E-state index in [1.165, 1.54) is 6.92 Å². The molecule has 1 aliphatic heterocycles. The van der Waals surface area contributed by atoms with Gasteiger partial charge in [-0.15, -0.1) is 0 Å². The first-order valence-corrected chi connectivity index (χ1v) is 7.59. The lowest BCUT2D eigenvalue weighted by Gasteiger charge is -2.18. The number of ether oxygens (including phenoxy) is 2. The molecule has 122 valence electrons. The number of methoxy groups -OCH3 is 1. The summed E-state index contributed by atoms with van der Waals surface area (Å²) in [6.07, 6.45) is 2.41. The van der Waals surface area contributed by atoms with Crippen molar-refractivity contribution < 1.29 is 19.1 Å². The van der Waals surface area contributed by atoms with Gasteiger partial charge >= 0.3 is 0 Å². The molecule has 3 rings (SSSR count). The predicted molar refractivity (Wildman–Crippen MR) is 85.6 cm³/mol. The lowest BCUT2D eigenvalue weighted by molar-refractivity contribution is -0.130. The molecule has 0 radical (unpaired) electrons. The van der Waals surface area contributed by atoms with Crippen LogP contribution in [0, 0.1) is 0 Å². The van der Waals surface area contributed by atoms with Crippen LogP contribution in [0.5, 0.6) is 5.75 Å². The summed E-state index contributed by atoms with van der Waals surface area (Å²) in [5.74, 6) is 0.703. The minimum atomic E-state index is -0.0943. The molecule has 2 heterocycles. The molecule has 6 heteroatoms. The summed E-state index contributed by atoms with van der Waals surface area (Å²) in [5.41, 5.74) is 1.87. The summed E-state index contributed by atoms with van der Waals surface area (Å²) in [5, 5.41) is 0.972. The van der Waals surface area contributed by atoms with E-state index in [1.54, 1.807) is 23.5 Å². The van der Waals surface area contributed by atoms with Gasteiger partial charge in [-0.2, -0.15) is 0 Å². The molecule has 0 saturated carbocycles. The normalized spacial score (nSPS) is 16.4. The summed E-state index contributed by atoms with van der Waals surface area (Å²) in [7, 11) is 1.62. The Kier molecular flexibility index (Phi) is 4.09. The van der Waals surface area contributed by atoms with Crippen LogP contribution in [-0.2, 0) is 16.0 Å². The molecule has 1 aromatic carbocycles. The summed E-state index contributed by atoms with van der Waals surface area (Å²) in [4.78, 5) is 25.2. The molecule has 1 aliphatic rings. The van der Waals surface area contributed by atoms with Crippen molar-refractivity contribution in [3.8, 4) is 5.75 Å². The van der Waals surface area contributed by atoms with E-state index in [-0.39, 0.29) is 18.0 Å². The molecule has 0 bridgehead atoms. The van der Waals surface area contributed by atoms with Crippen molar-refractivity contribution in [2.75, 3.05) is 20.3 Å². The highest BCUT2D eigenvalue weighted by Crippen LogP contribution is 2.27. The van der Waals surface area contributed by atoms with Crippen LogP contribution in [-0.4, -0.2) is 47.8 Å². The van der Waals surface area contributed by atoms with E-state index in [4.69, 9.17) is 9.47 Å². The van der Waals surface area contributed by atoms with E-state index in [0.29, 0.717) is 19.6 Å². The maximum absolute atomic E-state index is 11.8. The number of aromatic nitrogens is 1. The molecule has 1 atom stereocenters. The Hall–Kier alpha value is -2.34. The third-order valence-corrected chi connectivity index (χ3v) is 4.12. The summed E-state index contributed by atoms with van der Waals surface area (Å²) in [6.45, 7) is 4.24. The van der Waals surface area contributed by atoms with E-state index < -0.39 is 0 Å². The molecule has 1 aromatic heterocycles. The summed E-state index contributed by atoms with van der Waals surface area (Å²) in [6, 6.07) is 5.65. The van der Waals surface area contributed by atoms with Crippen molar-refractivity contribution in [2.45, 2.75) is 26.5 Å². The first-order valence-electron chi connectivity index (χ1n) is 7.59. The van der Waals surface area contributed by atoms with E-state index in [2.05, 4.69) is 0 Å². The van der Waals surface area contributed by atoms with Crippen LogP contribution in [0.15, 0.2) is 24.4 Å². The van der Waals surface area contributed by atoms with Crippen molar-refractivity contribution in [3.05, 3.63) is 30.0 Å². The maximum Gasteiger partial charge on any atom is 0.227 e. The number of carbonyl (C=O) groups is 2. The number of benzene rings is 1. The molecule has 0 spiro atoms. The smallest absolute Gasteiger partial charge is 0.227 e. The van der Waals surface area contributed by atoms with Crippen molar-refractivity contribution in [1.82, 2.24) is 9.47 Å². The molecule has 0 N–H and O–H groups in total. The first-order chi connectivity index (χ1) is 11.0. The zero-order valence-corrected chi connectivity index (χ0v) is 13.5. The maximum atomic E-state index is 11.8. The zero-order chi connectivity index (χ0) is 16.6. The Morgan fingerprint density at radius 1 is 1.39 bits per heavy atom. The minimum Gasteiger partial charge on any atom is -0.497 e. The third-order valence-electron chi connectivity index (χ3n) is 4.12. The first kappa shape index (κ1) is 15.6. The average Bonchev–Trinajstić information content (AvgIpc) is 3.28. The highest BCUT2D eigenvalue weighted by molar-refractivity contribution is 5.94. The van der Waals surface area contributed by atoms with Gasteiger partial charge in [0.2, 0.25) is 11.8 Å². The van der Waals surface area contributed by atoms with Gasteiger partial charge in [-0.3, -0.25) is 14.2 Å². The Bertz CT molecular complexity index is 761. The fourth-order valence-corrected chi connectivity index (χ4v) is 2.83. The quantitative estimate of drug-likeness (QED) is 0.792. The van der Waals surface area contributed by atoms with Crippen LogP contribution >= 0.6 is 0 Å².